The summed E-state index contributed by atoms with van der Waals surface area (Å²) >= 11 is 3.47. The SMILES string of the molecule is Cc1cc(/C=N/O)c(C)n1-c1cccc(Br)c1. The Hall–Kier alpha value is -1.55. The minimum atomic E-state index is 0.921. The van der Waals surface area contributed by atoms with Gasteiger partial charge in [0.2, 0.25) is 0 Å². The number of aryl methyl sites for hydroxylation is 1. The molecule has 1 aromatic heterocycles. The Morgan fingerprint density at radius 3 is 2.71 bits per heavy atom. The minimum Gasteiger partial charge on any atom is -0.411 e. The van der Waals surface area contributed by atoms with E-state index in [1.165, 1.54) is 6.21 Å². The molecule has 2 aromatic rings. The first-order valence-corrected chi connectivity index (χ1v) is 6.05. The van der Waals surface area contributed by atoms with E-state index in [4.69, 9.17) is 5.21 Å². The van der Waals surface area contributed by atoms with Crippen LogP contribution in [0.2, 0.25) is 0 Å². The standard InChI is InChI=1S/C13H13BrN2O/c1-9-6-11(8-15-17)10(2)16(9)13-5-3-4-12(14)7-13/h3-8,17H,1-2H3/b15-8+. The Balaban J connectivity index is 2.59. The lowest BCUT2D eigenvalue weighted by Crippen LogP contribution is -1.99. The first kappa shape index (κ1) is 11.9. The van der Waals surface area contributed by atoms with Crippen LogP contribution in [0.5, 0.6) is 0 Å². The van der Waals surface area contributed by atoms with Gasteiger partial charge in [0.25, 0.3) is 0 Å². The summed E-state index contributed by atoms with van der Waals surface area (Å²) in [6.45, 7) is 4.04. The highest BCUT2D eigenvalue weighted by atomic mass is 79.9. The fourth-order valence-electron chi connectivity index (χ4n) is 1.99. The van der Waals surface area contributed by atoms with Crippen LogP contribution in [0.1, 0.15) is 17.0 Å². The second-order valence-electron chi connectivity index (χ2n) is 3.89. The van der Waals surface area contributed by atoms with Crippen LogP contribution in [0.15, 0.2) is 40.0 Å². The molecule has 0 aliphatic carbocycles. The van der Waals surface area contributed by atoms with Gasteiger partial charge in [-0.3, -0.25) is 0 Å². The largest absolute Gasteiger partial charge is 0.411 e. The number of aromatic nitrogens is 1. The molecule has 0 bridgehead atoms. The van der Waals surface area contributed by atoms with Crippen molar-refractivity contribution in [2.45, 2.75) is 13.8 Å². The van der Waals surface area contributed by atoms with Gasteiger partial charge in [-0.15, -0.1) is 0 Å². The molecule has 0 aliphatic heterocycles. The van der Waals surface area contributed by atoms with E-state index in [1.54, 1.807) is 0 Å². The molecule has 0 unspecified atom stereocenters. The zero-order chi connectivity index (χ0) is 12.4. The molecule has 4 heteroatoms. The molecular weight excluding hydrogens is 280 g/mol. The quantitative estimate of drug-likeness (QED) is 0.512. The maximum atomic E-state index is 8.61. The predicted octanol–water partition coefficient (Wildman–Crippen LogP) is 3.66. The Labute approximate surface area is 109 Å². The van der Waals surface area contributed by atoms with Crippen LogP contribution in [0.25, 0.3) is 5.69 Å². The number of nitrogens with zero attached hydrogens (tertiary/aromatic N) is 2. The monoisotopic (exact) mass is 292 g/mol. The zero-order valence-corrected chi connectivity index (χ0v) is 11.3. The highest BCUT2D eigenvalue weighted by Crippen LogP contribution is 2.22. The number of hydrogen-bond donors (Lipinski definition) is 1. The molecule has 17 heavy (non-hydrogen) atoms. The fourth-order valence-corrected chi connectivity index (χ4v) is 2.38. The molecule has 1 N–H and O–H groups in total. The molecule has 0 radical (unpaired) electrons. The summed E-state index contributed by atoms with van der Waals surface area (Å²) in [5, 5.41) is 11.7. The van der Waals surface area contributed by atoms with Crippen molar-refractivity contribution in [3.63, 3.8) is 0 Å². The second kappa shape index (κ2) is 4.75. The summed E-state index contributed by atoms with van der Waals surface area (Å²) in [7, 11) is 0. The van der Waals surface area contributed by atoms with Crippen LogP contribution in [0.3, 0.4) is 0 Å². The van der Waals surface area contributed by atoms with Gasteiger partial charge < -0.3 is 9.77 Å². The van der Waals surface area contributed by atoms with Crippen LogP contribution in [-0.4, -0.2) is 16.0 Å². The number of rotatable bonds is 2. The van der Waals surface area contributed by atoms with E-state index in [9.17, 15) is 0 Å². The van der Waals surface area contributed by atoms with Crippen LogP contribution >= 0.6 is 15.9 Å². The Kier molecular flexibility index (Phi) is 3.33. The van der Waals surface area contributed by atoms with Gasteiger partial charge in [0.1, 0.15) is 0 Å². The lowest BCUT2D eigenvalue weighted by atomic mass is 10.2. The van der Waals surface area contributed by atoms with Crippen LogP contribution < -0.4 is 0 Å². The molecular formula is C13H13BrN2O. The fraction of sp³-hybridized carbons (Fsp3) is 0.154. The molecule has 1 heterocycles. The molecule has 0 fully saturated rings. The van der Waals surface area contributed by atoms with E-state index in [2.05, 4.69) is 31.7 Å². The number of hydrogen-bond acceptors (Lipinski definition) is 2. The van der Waals surface area contributed by atoms with Crippen molar-refractivity contribution in [1.82, 2.24) is 4.57 Å². The summed E-state index contributed by atoms with van der Waals surface area (Å²) in [6, 6.07) is 10.1. The van der Waals surface area contributed by atoms with Crippen LogP contribution in [0.4, 0.5) is 0 Å². The van der Waals surface area contributed by atoms with Gasteiger partial charge in [-0.2, -0.15) is 0 Å². The normalized spacial score (nSPS) is 11.2. The topological polar surface area (TPSA) is 37.5 Å². The first-order valence-electron chi connectivity index (χ1n) is 5.26. The minimum absolute atomic E-state index is 0.921. The van der Waals surface area contributed by atoms with Crippen LogP contribution in [0, 0.1) is 13.8 Å². The summed E-state index contributed by atoms with van der Waals surface area (Å²) in [5.74, 6) is 0. The molecule has 0 spiro atoms. The molecule has 3 nitrogen and oxygen atoms in total. The van der Waals surface area contributed by atoms with Gasteiger partial charge in [-0.25, -0.2) is 0 Å². The highest BCUT2D eigenvalue weighted by Gasteiger charge is 2.09. The summed E-state index contributed by atoms with van der Waals surface area (Å²) in [5.41, 5.74) is 4.17. The van der Waals surface area contributed by atoms with Gasteiger partial charge in [0, 0.05) is 27.1 Å². The Morgan fingerprint density at radius 1 is 1.29 bits per heavy atom. The molecule has 0 aliphatic rings. The molecule has 0 amide bonds. The van der Waals surface area contributed by atoms with Crippen molar-refractivity contribution < 1.29 is 5.21 Å². The van der Waals surface area contributed by atoms with Crippen molar-refractivity contribution in [2.75, 3.05) is 0 Å². The number of benzene rings is 1. The van der Waals surface area contributed by atoms with Gasteiger partial charge in [-0.05, 0) is 38.1 Å². The number of oxime groups is 1. The maximum absolute atomic E-state index is 8.61. The third-order valence-electron chi connectivity index (χ3n) is 2.73. The van der Waals surface area contributed by atoms with E-state index in [0.29, 0.717) is 0 Å². The van der Waals surface area contributed by atoms with E-state index < -0.39 is 0 Å². The van der Waals surface area contributed by atoms with Crippen molar-refractivity contribution in [3.05, 3.63) is 51.8 Å². The van der Waals surface area contributed by atoms with E-state index in [1.807, 2.05) is 38.1 Å². The molecule has 0 saturated heterocycles. The molecule has 0 saturated carbocycles. The molecule has 88 valence electrons. The third-order valence-corrected chi connectivity index (χ3v) is 3.23. The third kappa shape index (κ3) is 2.26. The van der Waals surface area contributed by atoms with Crippen LogP contribution in [-0.2, 0) is 0 Å². The number of halogens is 1. The lowest BCUT2D eigenvalue weighted by molar-refractivity contribution is 0.322. The molecule has 2 rings (SSSR count). The predicted molar refractivity (Wildman–Crippen MR) is 72.3 cm³/mol. The zero-order valence-electron chi connectivity index (χ0n) is 9.68. The van der Waals surface area contributed by atoms with Crippen molar-refractivity contribution in [1.29, 1.82) is 0 Å². The smallest absolute Gasteiger partial charge is 0.0752 e. The second-order valence-corrected chi connectivity index (χ2v) is 4.80. The average molecular weight is 293 g/mol. The van der Waals surface area contributed by atoms with Gasteiger partial charge in [0.05, 0.1) is 6.21 Å². The van der Waals surface area contributed by atoms with Crippen molar-refractivity contribution in [2.24, 2.45) is 5.16 Å². The van der Waals surface area contributed by atoms with Gasteiger partial charge in [-0.1, -0.05) is 27.2 Å². The maximum Gasteiger partial charge on any atom is 0.0752 e. The lowest BCUT2D eigenvalue weighted by Gasteiger charge is -2.09. The summed E-state index contributed by atoms with van der Waals surface area (Å²) < 4.78 is 3.17. The van der Waals surface area contributed by atoms with Crippen molar-refractivity contribution >= 4 is 22.1 Å². The summed E-state index contributed by atoms with van der Waals surface area (Å²) in [4.78, 5) is 0. The first-order chi connectivity index (χ1) is 8.13. The highest BCUT2D eigenvalue weighted by molar-refractivity contribution is 9.10. The average Bonchev–Trinajstić information content (AvgIpc) is 2.55. The van der Waals surface area contributed by atoms with Crippen molar-refractivity contribution in [3.8, 4) is 5.69 Å². The molecule has 1 aromatic carbocycles. The van der Waals surface area contributed by atoms with E-state index >= 15 is 0 Å². The molecule has 0 atom stereocenters. The van der Waals surface area contributed by atoms with E-state index in [-0.39, 0.29) is 0 Å². The Bertz CT molecular complexity index is 573. The van der Waals surface area contributed by atoms with Gasteiger partial charge >= 0.3 is 0 Å². The summed E-state index contributed by atoms with van der Waals surface area (Å²) in [6.07, 6.45) is 1.46. The van der Waals surface area contributed by atoms with Gasteiger partial charge in [0.15, 0.2) is 0 Å². The Morgan fingerprint density at radius 2 is 2.06 bits per heavy atom. The van der Waals surface area contributed by atoms with E-state index in [0.717, 1.165) is 27.1 Å².